The lowest BCUT2D eigenvalue weighted by molar-refractivity contribution is -0.132. The maximum Gasteiger partial charge on any atom is 0.224 e. The second kappa shape index (κ2) is 10.2. The van der Waals surface area contributed by atoms with Crippen molar-refractivity contribution in [3.05, 3.63) is 29.8 Å². The lowest BCUT2D eigenvalue weighted by Gasteiger charge is -2.33. The van der Waals surface area contributed by atoms with Gasteiger partial charge in [-0.1, -0.05) is 0 Å². The van der Waals surface area contributed by atoms with Gasteiger partial charge >= 0.3 is 0 Å². The summed E-state index contributed by atoms with van der Waals surface area (Å²) in [7, 11) is 1.62. The quantitative estimate of drug-likeness (QED) is 0.772. The molecule has 1 amide bonds. The number of benzene rings is 1. The summed E-state index contributed by atoms with van der Waals surface area (Å²) >= 11 is 1.91. The zero-order valence-electron chi connectivity index (χ0n) is 15.1. The van der Waals surface area contributed by atoms with Crippen LogP contribution in [0.2, 0.25) is 0 Å². The molecule has 3 rings (SSSR count). The van der Waals surface area contributed by atoms with E-state index in [0.717, 1.165) is 42.2 Å². The molecular formula is C19H27ClN2O3S. The number of carbonyl (C=O) groups excluding carboxylic acids is 2. The topological polar surface area (TPSA) is 58.6 Å². The number of likely N-dealkylation sites (tertiary alicyclic amines) is 1. The molecule has 7 heteroatoms. The predicted molar refractivity (Wildman–Crippen MR) is 108 cm³/mol. The molecule has 2 aliphatic rings. The molecule has 0 saturated carbocycles. The first-order chi connectivity index (χ1) is 12.2. The first-order valence-corrected chi connectivity index (χ1v) is 10.1. The number of thioether (sulfide) groups is 1. The van der Waals surface area contributed by atoms with Crippen molar-refractivity contribution in [2.45, 2.75) is 25.3 Å². The normalized spacial score (nSPS) is 21.0. The molecule has 2 fully saturated rings. The van der Waals surface area contributed by atoms with E-state index >= 15 is 0 Å². The van der Waals surface area contributed by atoms with Crippen molar-refractivity contribution in [3.8, 4) is 5.75 Å². The van der Waals surface area contributed by atoms with Gasteiger partial charge in [-0.2, -0.15) is 11.8 Å². The number of halogens is 1. The minimum absolute atomic E-state index is 0. The van der Waals surface area contributed by atoms with Crippen LogP contribution < -0.4 is 10.1 Å². The monoisotopic (exact) mass is 398 g/mol. The van der Waals surface area contributed by atoms with Crippen LogP contribution >= 0.6 is 24.2 Å². The molecule has 2 saturated heterocycles. The summed E-state index contributed by atoms with van der Waals surface area (Å²) in [6, 6.07) is 7.59. The van der Waals surface area contributed by atoms with Crippen LogP contribution in [0.4, 0.5) is 0 Å². The van der Waals surface area contributed by atoms with Gasteiger partial charge in [0.05, 0.1) is 7.11 Å². The Bertz CT molecular complexity index is 597. The zero-order valence-corrected chi connectivity index (χ0v) is 16.7. The number of rotatable bonds is 5. The van der Waals surface area contributed by atoms with Gasteiger partial charge < -0.3 is 15.0 Å². The number of nitrogens with one attached hydrogen (secondary N) is 1. The second-order valence-corrected chi connectivity index (χ2v) is 7.83. The highest BCUT2D eigenvalue weighted by Crippen LogP contribution is 2.24. The summed E-state index contributed by atoms with van der Waals surface area (Å²) in [5.41, 5.74) is 0.731. The molecule has 0 spiro atoms. The lowest BCUT2D eigenvalue weighted by atomic mass is 9.88. The van der Waals surface area contributed by atoms with Gasteiger partial charge in [-0.25, -0.2) is 0 Å². The molecule has 2 aliphatic heterocycles. The van der Waals surface area contributed by atoms with E-state index in [9.17, 15) is 9.59 Å². The Morgan fingerprint density at radius 3 is 2.50 bits per heavy atom. The van der Waals surface area contributed by atoms with E-state index in [-0.39, 0.29) is 30.0 Å². The van der Waals surface area contributed by atoms with Gasteiger partial charge in [0.1, 0.15) is 5.75 Å². The number of hydrogen-bond acceptors (Lipinski definition) is 5. The maximum atomic E-state index is 12.6. The fourth-order valence-electron chi connectivity index (χ4n) is 3.47. The molecule has 0 radical (unpaired) electrons. The molecule has 0 aliphatic carbocycles. The number of carbonyl (C=O) groups is 2. The Balaban J connectivity index is 0.00000243. The Labute approximate surface area is 165 Å². The highest BCUT2D eigenvalue weighted by atomic mass is 35.5. The van der Waals surface area contributed by atoms with Crippen LogP contribution in [-0.4, -0.2) is 60.9 Å². The summed E-state index contributed by atoms with van der Waals surface area (Å²) in [5.74, 6) is 3.31. The van der Waals surface area contributed by atoms with Crippen LogP contribution in [0.15, 0.2) is 24.3 Å². The van der Waals surface area contributed by atoms with Crippen LogP contribution in [0.5, 0.6) is 5.75 Å². The zero-order chi connectivity index (χ0) is 17.6. The molecule has 26 heavy (non-hydrogen) atoms. The predicted octanol–water partition coefficient (Wildman–Crippen LogP) is 2.63. The molecule has 0 aromatic heterocycles. The van der Waals surface area contributed by atoms with Crippen molar-refractivity contribution < 1.29 is 14.3 Å². The van der Waals surface area contributed by atoms with Gasteiger partial charge in [-0.15, -0.1) is 12.4 Å². The van der Waals surface area contributed by atoms with Gasteiger partial charge in [-0.3, -0.25) is 9.59 Å². The molecule has 1 aromatic carbocycles. The van der Waals surface area contributed by atoms with Crippen molar-refractivity contribution in [2.24, 2.45) is 5.92 Å². The molecule has 0 bridgehead atoms. The minimum Gasteiger partial charge on any atom is -0.497 e. The van der Waals surface area contributed by atoms with Crippen LogP contribution in [0, 0.1) is 5.92 Å². The van der Waals surface area contributed by atoms with E-state index in [1.165, 1.54) is 0 Å². The third-order valence-corrected chi connectivity index (χ3v) is 6.14. The average Bonchev–Trinajstić information content (AvgIpc) is 2.68. The number of nitrogens with zero attached hydrogens (tertiary/aromatic N) is 1. The molecular weight excluding hydrogens is 372 g/mol. The number of amides is 1. The molecule has 2 heterocycles. The third kappa shape index (κ3) is 5.38. The fraction of sp³-hybridized carbons (Fsp3) is 0.579. The maximum absolute atomic E-state index is 12.6. The Kier molecular flexibility index (Phi) is 8.25. The summed E-state index contributed by atoms with van der Waals surface area (Å²) < 4.78 is 5.14. The molecule has 1 N–H and O–H groups in total. The van der Waals surface area contributed by atoms with Crippen LogP contribution in [0.25, 0.3) is 0 Å². The van der Waals surface area contributed by atoms with Crippen molar-refractivity contribution in [1.82, 2.24) is 10.2 Å². The summed E-state index contributed by atoms with van der Waals surface area (Å²) in [5, 5.41) is 3.41. The fourth-order valence-corrected chi connectivity index (χ4v) is 4.42. The first kappa shape index (κ1) is 21.1. The minimum atomic E-state index is 0. The van der Waals surface area contributed by atoms with Crippen molar-refractivity contribution in [1.29, 1.82) is 0 Å². The van der Waals surface area contributed by atoms with Crippen LogP contribution in [0.3, 0.4) is 0 Å². The Morgan fingerprint density at radius 1 is 1.23 bits per heavy atom. The number of methoxy groups -OCH3 is 1. The number of Topliss-reactive ketones (excluding diaryl/α,β-unsaturated/α-hetero) is 1. The first-order valence-electron chi connectivity index (χ1n) is 8.94. The summed E-state index contributed by atoms with van der Waals surface area (Å²) in [6.07, 6.45) is 2.08. The van der Waals surface area contributed by atoms with Gasteiger partial charge in [0.15, 0.2) is 5.78 Å². The second-order valence-electron chi connectivity index (χ2n) is 6.68. The summed E-state index contributed by atoms with van der Waals surface area (Å²) in [4.78, 5) is 27.0. The van der Waals surface area contributed by atoms with Gasteiger partial charge in [0.25, 0.3) is 0 Å². The molecule has 1 atom stereocenters. The average molecular weight is 399 g/mol. The number of hydrogen-bond donors (Lipinski definition) is 1. The SMILES string of the molecule is COc1ccc(C(=O)C2CCN(C(=O)CC3CSCCN3)CC2)cc1.Cl. The Hall–Kier alpha value is -1.24. The number of ether oxygens (including phenoxy) is 1. The summed E-state index contributed by atoms with van der Waals surface area (Å²) in [6.45, 7) is 2.36. The van der Waals surface area contributed by atoms with Crippen molar-refractivity contribution in [2.75, 3.05) is 38.2 Å². The van der Waals surface area contributed by atoms with E-state index in [1.807, 2.05) is 40.9 Å². The molecule has 1 aromatic rings. The van der Waals surface area contributed by atoms with E-state index < -0.39 is 0 Å². The number of piperidine rings is 1. The van der Waals surface area contributed by atoms with Gasteiger partial charge in [-0.05, 0) is 37.1 Å². The van der Waals surface area contributed by atoms with Crippen molar-refractivity contribution in [3.63, 3.8) is 0 Å². The van der Waals surface area contributed by atoms with Crippen LogP contribution in [-0.2, 0) is 4.79 Å². The lowest BCUT2D eigenvalue weighted by Crippen LogP contribution is -2.45. The standard InChI is InChI=1S/C19H26N2O3S.ClH/c1-24-17-4-2-14(3-5-17)19(23)15-6-9-21(10-7-15)18(22)12-16-13-25-11-8-20-16;/h2-5,15-16,20H,6-13H2,1H3;1H. The van der Waals surface area contributed by atoms with E-state index in [0.29, 0.717) is 25.6 Å². The van der Waals surface area contributed by atoms with E-state index in [4.69, 9.17) is 4.74 Å². The van der Waals surface area contributed by atoms with Gasteiger partial charge in [0.2, 0.25) is 5.91 Å². The highest BCUT2D eigenvalue weighted by molar-refractivity contribution is 7.99. The molecule has 5 nitrogen and oxygen atoms in total. The van der Waals surface area contributed by atoms with Crippen molar-refractivity contribution >= 4 is 35.9 Å². The Morgan fingerprint density at radius 2 is 1.92 bits per heavy atom. The molecule has 1 unspecified atom stereocenters. The molecule has 144 valence electrons. The smallest absolute Gasteiger partial charge is 0.224 e. The van der Waals surface area contributed by atoms with E-state index in [1.54, 1.807) is 7.11 Å². The largest absolute Gasteiger partial charge is 0.497 e. The highest BCUT2D eigenvalue weighted by Gasteiger charge is 2.29. The van der Waals surface area contributed by atoms with Gasteiger partial charge in [0, 0.05) is 55.1 Å². The third-order valence-electron chi connectivity index (χ3n) is 5.01. The van der Waals surface area contributed by atoms with E-state index in [2.05, 4.69) is 5.32 Å². The van der Waals surface area contributed by atoms with Crippen LogP contribution in [0.1, 0.15) is 29.6 Å². The number of ketones is 1.